The number of rotatable bonds is 7. The molecule has 88 valence electrons. The minimum atomic E-state index is -1.01. The van der Waals surface area contributed by atoms with Crippen LogP contribution in [0.15, 0.2) is 0 Å². The number of carboxylic acid groups (broad SMARTS) is 2. The summed E-state index contributed by atoms with van der Waals surface area (Å²) in [6, 6.07) is -1.57. The van der Waals surface area contributed by atoms with Gasteiger partial charge in [0.05, 0.1) is 0 Å². The van der Waals surface area contributed by atoms with Gasteiger partial charge < -0.3 is 10.2 Å². The van der Waals surface area contributed by atoms with Gasteiger partial charge in [-0.25, -0.2) is 0 Å². The third-order valence-electron chi connectivity index (χ3n) is 2.11. The minimum absolute atomic E-state index is 0.213. The van der Waals surface area contributed by atoms with Crippen molar-refractivity contribution in [2.24, 2.45) is 5.92 Å². The Morgan fingerprint density at radius 2 is 1.60 bits per heavy atom. The molecule has 5 nitrogen and oxygen atoms in total. The summed E-state index contributed by atoms with van der Waals surface area (Å²) in [5, 5.41) is 20.3. The van der Waals surface area contributed by atoms with E-state index >= 15 is 0 Å². The first-order valence-corrected chi connectivity index (χ1v) is 5.10. The van der Waals surface area contributed by atoms with Gasteiger partial charge in [0.15, 0.2) is 0 Å². The summed E-state index contributed by atoms with van der Waals surface area (Å²) in [6.07, 6.45) is 0.802. The lowest BCUT2D eigenvalue weighted by Gasteiger charge is -2.20. The lowest BCUT2D eigenvalue weighted by atomic mass is 10.0. The van der Waals surface area contributed by atoms with Crippen LogP contribution in [0.1, 0.15) is 33.6 Å². The van der Waals surface area contributed by atoms with Crippen LogP contribution in [-0.2, 0) is 9.59 Å². The van der Waals surface area contributed by atoms with E-state index in [0.717, 1.165) is 0 Å². The molecule has 0 radical (unpaired) electrons. The molecule has 0 saturated carbocycles. The fraction of sp³-hybridized carbons (Fsp3) is 0.800. The third kappa shape index (κ3) is 5.37. The molecule has 0 aromatic heterocycles. The molecule has 0 heterocycles. The van der Waals surface area contributed by atoms with Crippen molar-refractivity contribution in [1.82, 2.24) is 5.32 Å². The number of aliphatic carboxylic acids is 2. The fourth-order valence-electron chi connectivity index (χ4n) is 1.32. The first-order chi connectivity index (χ1) is 6.88. The maximum atomic E-state index is 10.9. The zero-order valence-electron chi connectivity index (χ0n) is 9.36. The number of hydrogen-bond donors (Lipinski definition) is 3. The van der Waals surface area contributed by atoms with E-state index in [-0.39, 0.29) is 5.92 Å². The van der Waals surface area contributed by atoms with Crippen molar-refractivity contribution < 1.29 is 19.8 Å². The Balaban J connectivity index is 4.38. The standard InChI is InChI=1S/C10H19NO4/c1-4-7(9(12)13)11-8(10(14)15)5-6(2)3/h6-8,11H,4-5H2,1-3H3,(H,12,13)(H,14,15). The van der Waals surface area contributed by atoms with Gasteiger partial charge in [0.1, 0.15) is 12.1 Å². The van der Waals surface area contributed by atoms with E-state index in [1.165, 1.54) is 0 Å². The Kier molecular flexibility index (Phi) is 5.93. The van der Waals surface area contributed by atoms with Gasteiger partial charge in [0.25, 0.3) is 0 Å². The molecular weight excluding hydrogens is 198 g/mol. The highest BCUT2D eigenvalue weighted by Crippen LogP contribution is 2.06. The Morgan fingerprint density at radius 3 is 1.87 bits per heavy atom. The molecule has 0 saturated heterocycles. The van der Waals surface area contributed by atoms with Crippen LogP contribution >= 0.6 is 0 Å². The van der Waals surface area contributed by atoms with Gasteiger partial charge in [-0.3, -0.25) is 14.9 Å². The molecule has 0 aliphatic carbocycles. The predicted molar refractivity (Wildman–Crippen MR) is 55.7 cm³/mol. The number of hydrogen-bond acceptors (Lipinski definition) is 3. The molecule has 15 heavy (non-hydrogen) atoms. The molecule has 0 amide bonds. The molecule has 5 heteroatoms. The largest absolute Gasteiger partial charge is 0.480 e. The second-order valence-corrected chi connectivity index (χ2v) is 3.99. The first-order valence-electron chi connectivity index (χ1n) is 5.10. The highest BCUT2D eigenvalue weighted by Gasteiger charge is 2.25. The SMILES string of the molecule is CCC(NC(CC(C)C)C(=O)O)C(=O)O. The molecule has 0 aromatic rings. The van der Waals surface area contributed by atoms with Crippen molar-refractivity contribution in [2.75, 3.05) is 0 Å². The molecule has 0 spiro atoms. The van der Waals surface area contributed by atoms with Crippen molar-refractivity contribution in [3.63, 3.8) is 0 Å². The van der Waals surface area contributed by atoms with Crippen LogP contribution in [-0.4, -0.2) is 34.2 Å². The molecule has 0 aliphatic heterocycles. The average molecular weight is 217 g/mol. The van der Waals surface area contributed by atoms with Crippen molar-refractivity contribution in [2.45, 2.75) is 45.7 Å². The highest BCUT2D eigenvalue weighted by molar-refractivity contribution is 5.77. The van der Waals surface area contributed by atoms with E-state index < -0.39 is 24.0 Å². The molecular formula is C10H19NO4. The molecule has 0 rings (SSSR count). The highest BCUT2D eigenvalue weighted by atomic mass is 16.4. The Morgan fingerprint density at radius 1 is 1.13 bits per heavy atom. The normalized spacial score (nSPS) is 14.9. The van der Waals surface area contributed by atoms with Gasteiger partial charge >= 0.3 is 11.9 Å². The van der Waals surface area contributed by atoms with Crippen LogP contribution in [0.3, 0.4) is 0 Å². The average Bonchev–Trinajstić information content (AvgIpc) is 2.10. The van der Waals surface area contributed by atoms with Crippen molar-refractivity contribution >= 4 is 11.9 Å². The molecule has 2 atom stereocenters. The number of carboxylic acids is 2. The van der Waals surface area contributed by atoms with Crippen LogP contribution in [0.25, 0.3) is 0 Å². The molecule has 3 N–H and O–H groups in total. The van der Waals surface area contributed by atoms with E-state index in [2.05, 4.69) is 5.32 Å². The second kappa shape index (κ2) is 6.40. The maximum Gasteiger partial charge on any atom is 0.320 e. The van der Waals surface area contributed by atoms with Crippen LogP contribution in [0.5, 0.6) is 0 Å². The van der Waals surface area contributed by atoms with E-state index in [9.17, 15) is 9.59 Å². The van der Waals surface area contributed by atoms with Crippen LogP contribution in [0, 0.1) is 5.92 Å². The summed E-state index contributed by atoms with van der Waals surface area (Å²) in [5.41, 5.74) is 0. The van der Waals surface area contributed by atoms with Crippen LogP contribution < -0.4 is 5.32 Å². The van der Waals surface area contributed by atoms with Gasteiger partial charge in [-0.05, 0) is 18.8 Å². The monoisotopic (exact) mass is 217 g/mol. The smallest absolute Gasteiger partial charge is 0.320 e. The van der Waals surface area contributed by atoms with Crippen molar-refractivity contribution in [3.05, 3.63) is 0 Å². The lowest BCUT2D eigenvalue weighted by molar-refractivity contribution is -0.142. The number of nitrogens with one attached hydrogen (secondary N) is 1. The Bertz CT molecular complexity index is 227. The summed E-state index contributed by atoms with van der Waals surface area (Å²) < 4.78 is 0. The topological polar surface area (TPSA) is 86.6 Å². The maximum absolute atomic E-state index is 10.9. The van der Waals surface area contributed by atoms with Gasteiger partial charge in [0, 0.05) is 0 Å². The van der Waals surface area contributed by atoms with E-state index in [0.29, 0.717) is 12.8 Å². The Labute approximate surface area is 89.5 Å². The molecule has 0 fully saturated rings. The molecule has 0 aromatic carbocycles. The minimum Gasteiger partial charge on any atom is -0.480 e. The summed E-state index contributed by atoms with van der Waals surface area (Å²) in [5.74, 6) is -1.79. The summed E-state index contributed by atoms with van der Waals surface area (Å²) in [6.45, 7) is 5.51. The Hall–Kier alpha value is -1.10. The second-order valence-electron chi connectivity index (χ2n) is 3.99. The number of carbonyl (C=O) groups is 2. The summed E-state index contributed by atoms with van der Waals surface area (Å²) >= 11 is 0. The van der Waals surface area contributed by atoms with Crippen molar-refractivity contribution in [1.29, 1.82) is 0 Å². The molecule has 0 bridgehead atoms. The lowest BCUT2D eigenvalue weighted by Crippen LogP contribution is -2.47. The van der Waals surface area contributed by atoms with Gasteiger partial charge in [-0.2, -0.15) is 0 Å². The van der Waals surface area contributed by atoms with Crippen LogP contribution in [0.4, 0.5) is 0 Å². The molecule has 0 aliphatic rings. The molecule has 2 unspecified atom stereocenters. The van der Waals surface area contributed by atoms with Gasteiger partial charge in [-0.1, -0.05) is 20.8 Å². The quantitative estimate of drug-likeness (QED) is 0.590. The fourth-order valence-corrected chi connectivity index (χ4v) is 1.32. The van der Waals surface area contributed by atoms with Gasteiger partial charge in [-0.15, -0.1) is 0 Å². The van der Waals surface area contributed by atoms with Crippen molar-refractivity contribution in [3.8, 4) is 0 Å². The zero-order valence-corrected chi connectivity index (χ0v) is 9.36. The summed E-state index contributed by atoms with van der Waals surface area (Å²) in [4.78, 5) is 21.6. The van der Waals surface area contributed by atoms with Gasteiger partial charge in [0.2, 0.25) is 0 Å². The van der Waals surface area contributed by atoms with E-state index in [1.54, 1.807) is 6.92 Å². The third-order valence-corrected chi connectivity index (χ3v) is 2.11. The van der Waals surface area contributed by atoms with E-state index in [4.69, 9.17) is 10.2 Å². The van der Waals surface area contributed by atoms with E-state index in [1.807, 2.05) is 13.8 Å². The first kappa shape index (κ1) is 13.9. The predicted octanol–water partition coefficient (Wildman–Crippen LogP) is 0.938. The zero-order chi connectivity index (χ0) is 12.0. The summed E-state index contributed by atoms with van der Waals surface area (Å²) in [7, 11) is 0. The van der Waals surface area contributed by atoms with Crippen LogP contribution in [0.2, 0.25) is 0 Å².